The van der Waals surface area contributed by atoms with Gasteiger partial charge in [-0.3, -0.25) is 0 Å². The number of carbonyl (C=O) groups excluding carboxylic acids is 1. The van der Waals surface area contributed by atoms with E-state index in [1.54, 1.807) is 23.0 Å². The first-order chi connectivity index (χ1) is 11.1. The third-order valence-electron chi connectivity index (χ3n) is 3.26. The number of halogens is 1. The van der Waals surface area contributed by atoms with Crippen LogP contribution in [0.3, 0.4) is 0 Å². The van der Waals surface area contributed by atoms with E-state index in [0.717, 1.165) is 17.3 Å². The Morgan fingerprint density at radius 2 is 1.91 bits per heavy atom. The molecule has 0 amide bonds. The molecule has 1 heterocycles. The van der Waals surface area contributed by atoms with Crippen LogP contribution in [-0.4, -0.2) is 15.7 Å². The van der Waals surface area contributed by atoms with Crippen molar-refractivity contribution in [2.45, 2.75) is 0 Å². The Bertz CT molecular complexity index is 870. The molecule has 0 radical (unpaired) electrons. The van der Waals surface area contributed by atoms with Crippen molar-refractivity contribution in [2.75, 3.05) is 0 Å². The van der Waals surface area contributed by atoms with Gasteiger partial charge in [0.2, 0.25) is 0 Å². The van der Waals surface area contributed by atoms with Gasteiger partial charge in [-0.1, -0.05) is 41.9 Å². The zero-order valence-corrected chi connectivity index (χ0v) is 12.8. The number of nitrogens with zero attached hydrogens (tertiary/aromatic N) is 2. The highest BCUT2D eigenvalue weighted by molar-refractivity contribution is 6.30. The van der Waals surface area contributed by atoms with Gasteiger partial charge in [0.05, 0.1) is 17.4 Å². The molecule has 2 aromatic carbocycles. The topological polar surface area (TPSA) is 57.9 Å². The number of hydrogen-bond donors (Lipinski definition) is 0. The van der Waals surface area contributed by atoms with Gasteiger partial charge < -0.3 is 9.90 Å². The maximum Gasteiger partial charge on any atom is 0.1000 e. The fourth-order valence-corrected chi connectivity index (χ4v) is 2.43. The van der Waals surface area contributed by atoms with E-state index in [1.165, 1.54) is 6.08 Å². The second-order valence-corrected chi connectivity index (χ2v) is 5.31. The van der Waals surface area contributed by atoms with E-state index in [-0.39, 0.29) is 0 Å². The van der Waals surface area contributed by atoms with Crippen molar-refractivity contribution in [2.24, 2.45) is 0 Å². The Morgan fingerprint density at radius 3 is 2.61 bits per heavy atom. The van der Waals surface area contributed by atoms with Gasteiger partial charge in [0.25, 0.3) is 0 Å². The lowest BCUT2D eigenvalue weighted by Gasteiger charge is -2.01. The molecule has 0 unspecified atom stereocenters. The molecule has 3 rings (SSSR count). The molecule has 0 aliphatic carbocycles. The second-order valence-electron chi connectivity index (χ2n) is 4.88. The maximum absolute atomic E-state index is 10.7. The Balaban J connectivity index is 2.13. The van der Waals surface area contributed by atoms with E-state index < -0.39 is 5.97 Å². The van der Waals surface area contributed by atoms with Crippen molar-refractivity contribution in [3.63, 3.8) is 0 Å². The number of rotatable bonds is 4. The van der Waals surface area contributed by atoms with Crippen LogP contribution >= 0.6 is 11.6 Å². The Labute approximate surface area is 138 Å². The average molecular weight is 324 g/mol. The summed E-state index contributed by atoms with van der Waals surface area (Å²) in [6.07, 6.45) is 4.23. The minimum atomic E-state index is -1.26. The van der Waals surface area contributed by atoms with Gasteiger partial charge in [0.15, 0.2) is 0 Å². The molecule has 0 atom stereocenters. The normalized spacial score (nSPS) is 11.0. The number of carboxylic acid groups (broad SMARTS) is 1. The smallest absolute Gasteiger partial charge is 0.1000 e. The van der Waals surface area contributed by atoms with Gasteiger partial charge in [-0.05, 0) is 36.4 Å². The van der Waals surface area contributed by atoms with Crippen molar-refractivity contribution in [1.82, 2.24) is 9.78 Å². The zero-order chi connectivity index (χ0) is 16.2. The summed E-state index contributed by atoms with van der Waals surface area (Å²) in [7, 11) is 0. The van der Waals surface area contributed by atoms with E-state index >= 15 is 0 Å². The van der Waals surface area contributed by atoms with Gasteiger partial charge in [-0.15, -0.1) is 0 Å². The van der Waals surface area contributed by atoms with Gasteiger partial charge in [0, 0.05) is 22.3 Å². The Kier molecular flexibility index (Phi) is 4.26. The number of hydrogen-bond acceptors (Lipinski definition) is 3. The van der Waals surface area contributed by atoms with Crippen LogP contribution in [0.15, 0.2) is 66.9 Å². The predicted molar refractivity (Wildman–Crippen MR) is 88.1 cm³/mol. The predicted octanol–water partition coefficient (Wildman–Crippen LogP) is 2.96. The van der Waals surface area contributed by atoms with Crippen molar-refractivity contribution < 1.29 is 9.90 Å². The van der Waals surface area contributed by atoms with Crippen LogP contribution in [0.25, 0.3) is 23.0 Å². The average Bonchev–Trinajstić information content (AvgIpc) is 2.98. The van der Waals surface area contributed by atoms with Gasteiger partial charge in [-0.2, -0.15) is 5.10 Å². The summed E-state index contributed by atoms with van der Waals surface area (Å²) in [6.45, 7) is 0. The van der Waals surface area contributed by atoms with E-state index in [0.29, 0.717) is 16.3 Å². The van der Waals surface area contributed by atoms with Crippen LogP contribution in [0.2, 0.25) is 5.02 Å². The molecule has 0 bridgehead atoms. The molecule has 3 aromatic rings. The van der Waals surface area contributed by atoms with Crippen molar-refractivity contribution >= 4 is 23.6 Å². The summed E-state index contributed by atoms with van der Waals surface area (Å²) in [5.41, 5.74) is 3.00. The Morgan fingerprint density at radius 1 is 1.13 bits per heavy atom. The molecular formula is C18H12ClN2O2-. The first-order valence-electron chi connectivity index (χ1n) is 6.93. The summed E-state index contributed by atoms with van der Waals surface area (Å²) >= 11 is 6.04. The third-order valence-corrected chi connectivity index (χ3v) is 3.50. The number of para-hydroxylation sites is 1. The van der Waals surface area contributed by atoms with Crippen molar-refractivity contribution in [3.8, 4) is 16.9 Å². The molecular weight excluding hydrogens is 312 g/mol. The molecule has 0 aliphatic heterocycles. The van der Waals surface area contributed by atoms with Gasteiger partial charge >= 0.3 is 0 Å². The fourth-order valence-electron chi connectivity index (χ4n) is 2.24. The monoisotopic (exact) mass is 323 g/mol. The van der Waals surface area contributed by atoms with Crippen molar-refractivity contribution in [1.29, 1.82) is 0 Å². The molecule has 23 heavy (non-hydrogen) atoms. The lowest BCUT2D eigenvalue weighted by molar-refractivity contribution is -0.297. The quantitative estimate of drug-likeness (QED) is 0.694. The molecule has 0 saturated heterocycles. The van der Waals surface area contributed by atoms with E-state index in [9.17, 15) is 9.90 Å². The SMILES string of the molecule is O=C([O-])/C=C/c1cn(-c2ccccc2)nc1-c1cccc(Cl)c1. The standard InChI is InChI=1S/C18H13ClN2O2/c19-15-6-4-5-13(11-15)18-14(9-10-17(22)23)12-21(20-18)16-7-2-1-3-8-16/h1-12H,(H,22,23)/p-1/b10-9+. The lowest BCUT2D eigenvalue weighted by atomic mass is 10.1. The molecule has 0 N–H and O–H groups in total. The van der Waals surface area contributed by atoms with E-state index in [4.69, 9.17) is 11.6 Å². The molecule has 114 valence electrons. The highest BCUT2D eigenvalue weighted by Crippen LogP contribution is 2.26. The molecule has 0 spiro atoms. The minimum Gasteiger partial charge on any atom is -0.545 e. The van der Waals surface area contributed by atoms with Crippen LogP contribution in [0.4, 0.5) is 0 Å². The molecule has 0 saturated carbocycles. The van der Waals surface area contributed by atoms with Gasteiger partial charge in [0.1, 0.15) is 0 Å². The molecule has 0 fully saturated rings. The van der Waals surface area contributed by atoms with Gasteiger partial charge in [-0.25, -0.2) is 4.68 Å². The summed E-state index contributed by atoms with van der Waals surface area (Å²) in [5, 5.41) is 15.9. The maximum atomic E-state index is 10.7. The van der Waals surface area contributed by atoms with Crippen LogP contribution in [0.5, 0.6) is 0 Å². The first-order valence-corrected chi connectivity index (χ1v) is 7.31. The first kappa shape index (κ1) is 15.1. The number of aliphatic carboxylic acids is 1. The van der Waals surface area contributed by atoms with Crippen molar-refractivity contribution in [3.05, 3.63) is 77.5 Å². The Hall–Kier alpha value is -2.85. The number of benzene rings is 2. The molecule has 5 heteroatoms. The number of aromatic nitrogens is 2. The highest BCUT2D eigenvalue weighted by atomic mass is 35.5. The third kappa shape index (κ3) is 3.49. The van der Waals surface area contributed by atoms with E-state index in [2.05, 4.69) is 5.10 Å². The molecule has 4 nitrogen and oxygen atoms in total. The zero-order valence-electron chi connectivity index (χ0n) is 12.0. The second kappa shape index (κ2) is 6.50. The summed E-state index contributed by atoms with van der Waals surface area (Å²) in [5.74, 6) is -1.26. The van der Waals surface area contributed by atoms with Crippen LogP contribution < -0.4 is 5.11 Å². The fraction of sp³-hybridized carbons (Fsp3) is 0. The van der Waals surface area contributed by atoms with Crippen LogP contribution in [-0.2, 0) is 4.79 Å². The largest absolute Gasteiger partial charge is 0.545 e. The van der Waals surface area contributed by atoms with Crippen LogP contribution in [0, 0.1) is 0 Å². The summed E-state index contributed by atoms with van der Waals surface area (Å²) in [6, 6.07) is 16.8. The lowest BCUT2D eigenvalue weighted by Crippen LogP contribution is -2.18. The molecule has 1 aromatic heterocycles. The number of carboxylic acids is 1. The highest BCUT2D eigenvalue weighted by Gasteiger charge is 2.10. The summed E-state index contributed by atoms with van der Waals surface area (Å²) < 4.78 is 1.70. The van der Waals surface area contributed by atoms with E-state index in [1.807, 2.05) is 42.5 Å². The summed E-state index contributed by atoms with van der Waals surface area (Å²) in [4.78, 5) is 10.7. The van der Waals surface area contributed by atoms with Crippen LogP contribution in [0.1, 0.15) is 5.56 Å². The molecule has 0 aliphatic rings. The number of carbonyl (C=O) groups is 1. The minimum absolute atomic E-state index is 0.589.